The average molecular weight is 441 g/mol. The Kier molecular flexibility index (Phi) is 9.44. The zero-order valence-corrected chi connectivity index (χ0v) is 19.2. The van der Waals surface area contributed by atoms with Crippen molar-refractivity contribution in [2.24, 2.45) is 11.8 Å². The van der Waals surface area contributed by atoms with Crippen molar-refractivity contribution in [3.63, 3.8) is 0 Å². The van der Waals surface area contributed by atoms with Crippen LogP contribution in [0.3, 0.4) is 0 Å². The first-order valence-electron chi connectivity index (χ1n) is 10.8. The smallest absolute Gasteiger partial charge is 0.321 e. The third kappa shape index (κ3) is 8.17. The van der Waals surface area contributed by atoms with Gasteiger partial charge in [0.15, 0.2) is 5.92 Å². The maximum absolute atomic E-state index is 13.0. The molecule has 0 bridgehead atoms. The standard InChI is InChI=1S/C26H32O6/c1-5-12-21(23(27)30-17-19-13-8-6-9-14-19)22(25(29)32-26(2,3)4)24(28)31-18-20-15-10-7-11-16-20/h6-11,13-16,21-22H,5,12,17-18H2,1-4H3. The fourth-order valence-corrected chi connectivity index (χ4v) is 3.18. The minimum absolute atomic E-state index is 0.00310. The van der Waals surface area contributed by atoms with Crippen LogP contribution in [-0.4, -0.2) is 23.5 Å². The molecule has 0 aliphatic carbocycles. The lowest BCUT2D eigenvalue weighted by Gasteiger charge is -2.27. The Hall–Kier alpha value is -3.15. The van der Waals surface area contributed by atoms with Gasteiger partial charge in [0.1, 0.15) is 18.8 Å². The SMILES string of the molecule is CCCC(C(=O)OCc1ccccc1)C(C(=O)OCc1ccccc1)C(=O)OC(C)(C)C. The highest BCUT2D eigenvalue weighted by molar-refractivity contribution is 5.99. The van der Waals surface area contributed by atoms with Crippen molar-refractivity contribution in [1.29, 1.82) is 0 Å². The highest BCUT2D eigenvalue weighted by Crippen LogP contribution is 2.26. The topological polar surface area (TPSA) is 78.9 Å². The molecule has 0 aliphatic rings. The first kappa shape index (κ1) is 25.1. The Morgan fingerprint density at radius 3 is 1.66 bits per heavy atom. The van der Waals surface area contributed by atoms with E-state index in [1.165, 1.54) is 0 Å². The molecule has 0 aromatic heterocycles. The second kappa shape index (κ2) is 12.0. The summed E-state index contributed by atoms with van der Waals surface area (Å²) in [6.45, 7) is 7.05. The predicted octanol–water partition coefficient (Wildman–Crippen LogP) is 4.85. The van der Waals surface area contributed by atoms with E-state index in [4.69, 9.17) is 14.2 Å². The zero-order chi connectivity index (χ0) is 23.6. The van der Waals surface area contributed by atoms with Crippen molar-refractivity contribution < 1.29 is 28.6 Å². The molecule has 2 atom stereocenters. The minimum Gasteiger partial charge on any atom is -0.461 e. The van der Waals surface area contributed by atoms with Crippen LogP contribution in [0.15, 0.2) is 60.7 Å². The number of esters is 3. The molecule has 2 unspecified atom stereocenters. The minimum atomic E-state index is -1.40. The Morgan fingerprint density at radius 2 is 1.22 bits per heavy atom. The van der Waals surface area contributed by atoms with Crippen LogP contribution in [0.5, 0.6) is 0 Å². The molecule has 0 saturated heterocycles. The van der Waals surface area contributed by atoms with E-state index in [2.05, 4.69) is 0 Å². The van der Waals surface area contributed by atoms with Crippen LogP contribution in [0.25, 0.3) is 0 Å². The molecule has 0 aliphatic heterocycles. The summed E-state index contributed by atoms with van der Waals surface area (Å²) in [5.74, 6) is -4.60. The van der Waals surface area contributed by atoms with Crippen LogP contribution in [0.1, 0.15) is 51.7 Å². The Morgan fingerprint density at radius 1 is 0.750 bits per heavy atom. The summed E-state index contributed by atoms with van der Waals surface area (Å²) in [6.07, 6.45) is 0.869. The number of hydrogen-bond donors (Lipinski definition) is 0. The summed E-state index contributed by atoms with van der Waals surface area (Å²) in [4.78, 5) is 38.9. The predicted molar refractivity (Wildman–Crippen MR) is 120 cm³/mol. The van der Waals surface area contributed by atoms with E-state index in [9.17, 15) is 14.4 Å². The van der Waals surface area contributed by atoms with Crippen molar-refractivity contribution in [2.45, 2.75) is 59.4 Å². The molecule has 0 heterocycles. The van der Waals surface area contributed by atoms with Gasteiger partial charge in [-0.15, -0.1) is 0 Å². The van der Waals surface area contributed by atoms with Gasteiger partial charge in [0.25, 0.3) is 0 Å². The first-order chi connectivity index (χ1) is 15.2. The Bertz CT molecular complexity index is 870. The van der Waals surface area contributed by atoms with Crippen LogP contribution in [-0.2, 0) is 41.8 Å². The van der Waals surface area contributed by atoms with Gasteiger partial charge in [-0.05, 0) is 38.3 Å². The first-order valence-corrected chi connectivity index (χ1v) is 10.8. The maximum Gasteiger partial charge on any atom is 0.321 e. The molecule has 6 heteroatoms. The van der Waals surface area contributed by atoms with Gasteiger partial charge in [-0.3, -0.25) is 14.4 Å². The zero-order valence-electron chi connectivity index (χ0n) is 19.2. The third-order valence-corrected chi connectivity index (χ3v) is 4.67. The van der Waals surface area contributed by atoms with Gasteiger partial charge in [0.2, 0.25) is 0 Å². The van der Waals surface area contributed by atoms with Gasteiger partial charge in [0.05, 0.1) is 5.92 Å². The van der Waals surface area contributed by atoms with Crippen molar-refractivity contribution in [3.05, 3.63) is 71.8 Å². The Labute approximate surface area is 189 Å². The fraction of sp³-hybridized carbons (Fsp3) is 0.423. The monoisotopic (exact) mass is 440 g/mol. The largest absolute Gasteiger partial charge is 0.461 e. The van der Waals surface area contributed by atoms with E-state index < -0.39 is 35.3 Å². The molecule has 0 radical (unpaired) electrons. The van der Waals surface area contributed by atoms with Crippen LogP contribution >= 0.6 is 0 Å². The van der Waals surface area contributed by atoms with Crippen LogP contribution in [0.2, 0.25) is 0 Å². The quantitative estimate of drug-likeness (QED) is 0.299. The summed E-state index contributed by atoms with van der Waals surface area (Å²) >= 11 is 0. The second-order valence-electron chi connectivity index (χ2n) is 8.59. The van der Waals surface area contributed by atoms with Gasteiger partial charge in [-0.2, -0.15) is 0 Å². The normalized spacial score (nSPS) is 13.0. The molecule has 2 aromatic carbocycles. The molecule has 32 heavy (non-hydrogen) atoms. The van der Waals surface area contributed by atoms with E-state index in [1.807, 2.05) is 67.6 Å². The molecule has 0 fully saturated rings. The van der Waals surface area contributed by atoms with Crippen LogP contribution < -0.4 is 0 Å². The molecule has 172 valence electrons. The fourth-order valence-electron chi connectivity index (χ4n) is 3.18. The number of carbonyl (C=O) groups excluding carboxylic acids is 3. The van der Waals surface area contributed by atoms with Crippen molar-refractivity contribution in [1.82, 2.24) is 0 Å². The van der Waals surface area contributed by atoms with Crippen molar-refractivity contribution >= 4 is 17.9 Å². The van der Waals surface area contributed by atoms with E-state index in [-0.39, 0.29) is 19.6 Å². The Balaban J connectivity index is 2.20. The number of carbonyl (C=O) groups is 3. The van der Waals surface area contributed by atoms with E-state index in [0.717, 1.165) is 11.1 Å². The molecule has 0 N–H and O–H groups in total. The molecule has 2 rings (SSSR count). The summed E-state index contributed by atoms with van der Waals surface area (Å²) in [6, 6.07) is 18.4. The van der Waals surface area contributed by atoms with Crippen molar-refractivity contribution in [2.75, 3.05) is 0 Å². The van der Waals surface area contributed by atoms with Crippen LogP contribution in [0, 0.1) is 11.8 Å². The number of hydrogen-bond acceptors (Lipinski definition) is 6. The van der Waals surface area contributed by atoms with E-state index in [0.29, 0.717) is 6.42 Å². The number of ether oxygens (including phenoxy) is 3. The third-order valence-electron chi connectivity index (χ3n) is 4.67. The molecule has 0 spiro atoms. The highest BCUT2D eigenvalue weighted by Gasteiger charge is 2.43. The molecule has 6 nitrogen and oxygen atoms in total. The van der Waals surface area contributed by atoms with Gasteiger partial charge in [-0.1, -0.05) is 74.0 Å². The van der Waals surface area contributed by atoms with Gasteiger partial charge in [0, 0.05) is 0 Å². The van der Waals surface area contributed by atoms with E-state index in [1.54, 1.807) is 20.8 Å². The number of rotatable bonds is 10. The van der Waals surface area contributed by atoms with Gasteiger partial charge in [-0.25, -0.2) is 0 Å². The number of benzene rings is 2. The second-order valence-corrected chi connectivity index (χ2v) is 8.59. The summed E-state index contributed by atoms with van der Waals surface area (Å²) < 4.78 is 16.3. The summed E-state index contributed by atoms with van der Waals surface area (Å²) in [5, 5.41) is 0. The summed E-state index contributed by atoms with van der Waals surface area (Å²) in [5.41, 5.74) is 0.777. The van der Waals surface area contributed by atoms with Crippen LogP contribution in [0.4, 0.5) is 0 Å². The molecular formula is C26H32O6. The van der Waals surface area contributed by atoms with Gasteiger partial charge < -0.3 is 14.2 Å². The molecule has 0 amide bonds. The lowest BCUT2D eigenvalue weighted by Crippen LogP contribution is -2.41. The molecular weight excluding hydrogens is 408 g/mol. The van der Waals surface area contributed by atoms with Crippen molar-refractivity contribution in [3.8, 4) is 0 Å². The highest BCUT2D eigenvalue weighted by atomic mass is 16.6. The summed E-state index contributed by atoms with van der Waals surface area (Å²) in [7, 11) is 0. The molecule has 0 saturated carbocycles. The lowest BCUT2D eigenvalue weighted by molar-refractivity contribution is -0.178. The maximum atomic E-state index is 13.0. The van der Waals surface area contributed by atoms with E-state index >= 15 is 0 Å². The molecule has 2 aromatic rings. The lowest BCUT2D eigenvalue weighted by atomic mass is 9.88. The van der Waals surface area contributed by atoms with Gasteiger partial charge >= 0.3 is 17.9 Å². The average Bonchev–Trinajstić information content (AvgIpc) is 2.76.